The molecular formula is C20H35IN4O. The van der Waals surface area contributed by atoms with Gasteiger partial charge in [0, 0.05) is 26.8 Å². The van der Waals surface area contributed by atoms with Gasteiger partial charge in [-0.05, 0) is 51.8 Å². The van der Waals surface area contributed by atoms with E-state index in [1.165, 1.54) is 37.1 Å². The number of nitrogens with one attached hydrogen (secondary N) is 2. The Bertz CT molecular complexity index is 515. The van der Waals surface area contributed by atoms with E-state index in [0.29, 0.717) is 6.04 Å². The number of rotatable bonds is 9. The van der Waals surface area contributed by atoms with Crippen LogP contribution in [0.25, 0.3) is 0 Å². The van der Waals surface area contributed by atoms with E-state index >= 15 is 0 Å². The number of guanidine groups is 1. The molecule has 1 unspecified atom stereocenters. The van der Waals surface area contributed by atoms with Crippen LogP contribution in [0.5, 0.6) is 0 Å². The maximum absolute atomic E-state index is 5.11. The average molecular weight is 474 g/mol. The highest BCUT2D eigenvalue weighted by atomic mass is 127. The Hall–Kier alpha value is -0.860. The normalized spacial score (nSPS) is 16.2. The highest BCUT2D eigenvalue weighted by Crippen LogP contribution is 2.25. The zero-order valence-corrected chi connectivity index (χ0v) is 18.8. The fourth-order valence-corrected chi connectivity index (χ4v) is 3.22. The summed E-state index contributed by atoms with van der Waals surface area (Å²) in [5.41, 5.74) is 2.67. The quantitative estimate of drug-likeness (QED) is 0.250. The molecule has 1 fully saturated rings. The second-order valence-electron chi connectivity index (χ2n) is 6.66. The Kier molecular flexibility index (Phi) is 11.9. The second kappa shape index (κ2) is 13.3. The first-order valence-electron chi connectivity index (χ1n) is 9.56. The highest BCUT2D eigenvalue weighted by molar-refractivity contribution is 14.0. The molecule has 0 aliphatic carbocycles. The monoisotopic (exact) mass is 474 g/mol. The third-order valence-electron chi connectivity index (χ3n) is 4.63. The molecule has 2 N–H and O–H groups in total. The highest BCUT2D eigenvalue weighted by Gasteiger charge is 2.23. The van der Waals surface area contributed by atoms with E-state index in [4.69, 9.17) is 9.73 Å². The van der Waals surface area contributed by atoms with Crippen LogP contribution in [0.1, 0.15) is 43.4 Å². The van der Waals surface area contributed by atoms with Gasteiger partial charge in [0.25, 0.3) is 0 Å². The van der Waals surface area contributed by atoms with E-state index in [9.17, 15) is 0 Å². The number of nitrogens with zero attached hydrogens (tertiary/aromatic N) is 2. The number of aryl methyl sites for hydroxylation is 1. The average Bonchev–Trinajstić information content (AvgIpc) is 3.14. The molecule has 5 nitrogen and oxygen atoms in total. The summed E-state index contributed by atoms with van der Waals surface area (Å²) in [6.45, 7) is 9.88. The Morgan fingerprint density at radius 2 is 1.88 bits per heavy atom. The number of hydrogen-bond donors (Lipinski definition) is 2. The molecule has 2 rings (SSSR count). The summed E-state index contributed by atoms with van der Waals surface area (Å²) in [6, 6.07) is 9.28. The molecule has 1 aromatic carbocycles. The van der Waals surface area contributed by atoms with E-state index in [1.54, 1.807) is 7.11 Å². The number of methoxy groups -OCH3 is 1. The fourth-order valence-electron chi connectivity index (χ4n) is 3.22. The number of ether oxygens (including phenoxy) is 1. The summed E-state index contributed by atoms with van der Waals surface area (Å²) in [4.78, 5) is 7.44. The van der Waals surface area contributed by atoms with Crippen LogP contribution in [0.2, 0.25) is 0 Å². The van der Waals surface area contributed by atoms with E-state index in [-0.39, 0.29) is 24.0 Å². The topological polar surface area (TPSA) is 48.9 Å². The maximum Gasteiger partial charge on any atom is 0.191 e. The first-order valence-corrected chi connectivity index (χ1v) is 9.56. The SMILES string of the molecule is CCNC(=NCC(c1ccc(C)cc1)N1CCCC1)NCCCOC.I. The summed E-state index contributed by atoms with van der Waals surface area (Å²) < 4.78 is 5.11. The Labute approximate surface area is 176 Å². The predicted octanol–water partition coefficient (Wildman–Crippen LogP) is 3.34. The predicted molar refractivity (Wildman–Crippen MR) is 121 cm³/mol. The lowest BCUT2D eigenvalue weighted by atomic mass is 10.0. The number of hydrogen-bond acceptors (Lipinski definition) is 3. The van der Waals surface area contributed by atoms with E-state index < -0.39 is 0 Å². The van der Waals surface area contributed by atoms with Crippen LogP contribution in [-0.2, 0) is 4.74 Å². The molecule has 1 heterocycles. The van der Waals surface area contributed by atoms with Crippen molar-refractivity contribution in [3.8, 4) is 0 Å². The molecule has 0 spiro atoms. The summed E-state index contributed by atoms with van der Waals surface area (Å²) in [5.74, 6) is 0.898. The molecule has 1 aliphatic rings. The third-order valence-corrected chi connectivity index (χ3v) is 4.63. The van der Waals surface area contributed by atoms with Gasteiger partial charge in [-0.25, -0.2) is 0 Å². The molecule has 26 heavy (non-hydrogen) atoms. The van der Waals surface area contributed by atoms with Crippen molar-refractivity contribution in [2.24, 2.45) is 4.99 Å². The van der Waals surface area contributed by atoms with Gasteiger partial charge in [-0.15, -0.1) is 24.0 Å². The Morgan fingerprint density at radius 3 is 2.50 bits per heavy atom. The second-order valence-corrected chi connectivity index (χ2v) is 6.66. The zero-order valence-electron chi connectivity index (χ0n) is 16.5. The van der Waals surface area contributed by atoms with Crippen molar-refractivity contribution in [2.75, 3.05) is 46.4 Å². The molecule has 0 saturated carbocycles. The zero-order chi connectivity index (χ0) is 17.9. The van der Waals surface area contributed by atoms with Gasteiger partial charge in [0.15, 0.2) is 5.96 Å². The van der Waals surface area contributed by atoms with Gasteiger partial charge in [-0.2, -0.15) is 0 Å². The Morgan fingerprint density at radius 1 is 1.19 bits per heavy atom. The maximum atomic E-state index is 5.11. The fraction of sp³-hybridized carbons (Fsp3) is 0.650. The van der Waals surface area contributed by atoms with Crippen molar-refractivity contribution in [1.82, 2.24) is 15.5 Å². The number of likely N-dealkylation sites (tertiary alicyclic amines) is 1. The molecule has 1 aromatic rings. The van der Waals surface area contributed by atoms with E-state index in [0.717, 1.165) is 38.6 Å². The minimum absolute atomic E-state index is 0. The van der Waals surface area contributed by atoms with Gasteiger partial charge < -0.3 is 15.4 Å². The molecule has 0 bridgehead atoms. The standard InChI is InChI=1S/C20H34N4O.HI/c1-4-21-20(22-12-7-15-25-3)23-16-19(24-13-5-6-14-24)18-10-8-17(2)9-11-18;/h8-11,19H,4-7,12-16H2,1-3H3,(H2,21,22,23);1H. The minimum Gasteiger partial charge on any atom is -0.385 e. The molecule has 1 atom stereocenters. The molecule has 1 aliphatic heterocycles. The van der Waals surface area contributed by atoms with Crippen molar-refractivity contribution in [1.29, 1.82) is 0 Å². The van der Waals surface area contributed by atoms with Gasteiger partial charge in [-0.1, -0.05) is 29.8 Å². The van der Waals surface area contributed by atoms with Crippen molar-refractivity contribution in [3.05, 3.63) is 35.4 Å². The minimum atomic E-state index is 0. The summed E-state index contributed by atoms with van der Waals surface area (Å²) in [5, 5.41) is 6.75. The van der Waals surface area contributed by atoms with Crippen LogP contribution < -0.4 is 10.6 Å². The molecule has 148 valence electrons. The van der Waals surface area contributed by atoms with Crippen molar-refractivity contribution < 1.29 is 4.74 Å². The van der Waals surface area contributed by atoms with Crippen LogP contribution in [0.15, 0.2) is 29.3 Å². The van der Waals surface area contributed by atoms with Gasteiger partial charge in [0.05, 0.1) is 12.6 Å². The largest absolute Gasteiger partial charge is 0.385 e. The number of benzene rings is 1. The summed E-state index contributed by atoms with van der Waals surface area (Å²) in [7, 11) is 1.74. The van der Waals surface area contributed by atoms with Crippen molar-refractivity contribution in [2.45, 2.75) is 39.2 Å². The molecule has 0 aromatic heterocycles. The van der Waals surface area contributed by atoms with Crippen LogP contribution in [0, 0.1) is 6.92 Å². The van der Waals surface area contributed by atoms with Crippen molar-refractivity contribution >= 4 is 29.9 Å². The molecule has 0 amide bonds. The van der Waals surface area contributed by atoms with E-state index in [1.807, 2.05) is 0 Å². The summed E-state index contributed by atoms with van der Waals surface area (Å²) >= 11 is 0. The number of aliphatic imine (C=N–C) groups is 1. The van der Waals surface area contributed by atoms with Crippen LogP contribution in [0.3, 0.4) is 0 Å². The van der Waals surface area contributed by atoms with Gasteiger partial charge in [0.2, 0.25) is 0 Å². The van der Waals surface area contributed by atoms with Crippen LogP contribution in [-0.4, -0.2) is 57.3 Å². The van der Waals surface area contributed by atoms with Gasteiger partial charge in [0.1, 0.15) is 0 Å². The lowest BCUT2D eigenvalue weighted by molar-refractivity contribution is 0.195. The molecule has 1 saturated heterocycles. The first kappa shape index (κ1) is 23.2. The molecular weight excluding hydrogens is 439 g/mol. The Balaban J connectivity index is 0.00000338. The van der Waals surface area contributed by atoms with Crippen LogP contribution in [0.4, 0.5) is 0 Å². The number of halogens is 1. The van der Waals surface area contributed by atoms with Crippen molar-refractivity contribution in [3.63, 3.8) is 0 Å². The van der Waals surface area contributed by atoms with Gasteiger partial charge in [-0.3, -0.25) is 9.89 Å². The van der Waals surface area contributed by atoms with E-state index in [2.05, 4.69) is 53.6 Å². The lowest BCUT2D eigenvalue weighted by Crippen LogP contribution is -2.39. The molecule has 0 radical (unpaired) electrons. The summed E-state index contributed by atoms with van der Waals surface area (Å²) in [6.07, 6.45) is 3.57. The molecule has 6 heteroatoms. The first-order chi connectivity index (χ1) is 12.2. The third kappa shape index (κ3) is 7.80. The van der Waals surface area contributed by atoms with Crippen LogP contribution >= 0.6 is 24.0 Å². The lowest BCUT2D eigenvalue weighted by Gasteiger charge is -2.27. The van der Waals surface area contributed by atoms with Gasteiger partial charge >= 0.3 is 0 Å². The smallest absolute Gasteiger partial charge is 0.191 e.